The van der Waals surface area contributed by atoms with E-state index < -0.39 is 4.92 Å². The maximum absolute atomic E-state index is 11.8. The number of imidazole rings is 1. The first-order valence-corrected chi connectivity index (χ1v) is 9.81. The SMILES string of the molecule is CNC(=O)c1cc(Oc2ccc3c(c2)nc(Nc2ccc(OC)cc2[N+](=O)[O-])n3C)ccn1. The van der Waals surface area contributed by atoms with Crippen LogP contribution in [0.25, 0.3) is 11.0 Å². The highest BCUT2D eigenvalue weighted by Gasteiger charge is 2.18. The molecule has 11 heteroatoms. The lowest BCUT2D eigenvalue weighted by Crippen LogP contribution is -2.18. The summed E-state index contributed by atoms with van der Waals surface area (Å²) in [6, 6.07) is 13.1. The van der Waals surface area contributed by atoms with Crippen molar-refractivity contribution in [3.05, 3.63) is 70.5 Å². The molecule has 0 saturated carbocycles. The number of amides is 1. The summed E-state index contributed by atoms with van der Waals surface area (Å²) < 4.78 is 12.7. The highest BCUT2D eigenvalue weighted by Crippen LogP contribution is 2.33. The number of carbonyl (C=O) groups is 1. The van der Waals surface area contributed by atoms with Crippen molar-refractivity contribution in [2.75, 3.05) is 19.5 Å². The molecule has 33 heavy (non-hydrogen) atoms. The fourth-order valence-electron chi connectivity index (χ4n) is 3.23. The van der Waals surface area contributed by atoms with E-state index in [1.807, 2.05) is 6.07 Å². The number of pyridine rings is 1. The van der Waals surface area contributed by atoms with E-state index in [-0.39, 0.29) is 23.0 Å². The van der Waals surface area contributed by atoms with E-state index in [0.29, 0.717) is 28.7 Å². The highest BCUT2D eigenvalue weighted by molar-refractivity contribution is 5.92. The van der Waals surface area contributed by atoms with Crippen LogP contribution < -0.4 is 20.1 Å². The van der Waals surface area contributed by atoms with E-state index in [1.54, 1.807) is 41.9 Å². The second-order valence-corrected chi connectivity index (χ2v) is 6.97. The number of nitrogens with one attached hydrogen (secondary N) is 2. The average molecular weight is 448 g/mol. The third-order valence-electron chi connectivity index (χ3n) is 4.93. The molecule has 1 amide bonds. The molecule has 2 aromatic heterocycles. The lowest BCUT2D eigenvalue weighted by Gasteiger charge is -2.08. The Morgan fingerprint density at radius 3 is 2.58 bits per heavy atom. The number of nitro groups is 1. The lowest BCUT2D eigenvalue weighted by atomic mass is 10.2. The fourth-order valence-corrected chi connectivity index (χ4v) is 3.23. The quantitative estimate of drug-likeness (QED) is 0.322. The van der Waals surface area contributed by atoms with Crippen LogP contribution in [0, 0.1) is 10.1 Å². The molecule has 0 aliphatic heterocycles. The van der Waals surface area contributed by atoms with Crippen LogP contribution in [0.1, 0.15) is 10.5 Å². The predicted molar refractivity (Wildman–Crippen MR) is 121 cm³/mol. The first kappa shape index (κ1) is 21.6. The van der Waals surface area contributed by atoms with E-state index >= 15 is 0 Å². The number of anilines is 2. The van der Waals surface area contributed by atoms with Gasteiger partial charge in [-0.05, 0) is 30.3 Å². The number of hydrogen-bond acceptors (Lipinski definition) is 8. The van der Waals surface area contributed by atoms with Crippen molar-refractivity contribution in [1.29, 1.82) is 0 Å². The predicted octanol–water partition coefficient (Wildman–Crippen LogP) is 3.78. The van der Waals surface area contributed by atoms with Crippen LogP contribution in [0.3, 0.4) is 0 Å². The molecule has 0 aliphatic carbocycles. The van der Waals surface area contributed by atoms with Crippen molar-refractivity contribution < 1.29 is 19.2 Å². The Kier molecular flexibility index (Phi) is 5.77. The number of rotatable bonds is 7. The molecule has 0 saturated heterocycles. The van der Waals surface area contributed by atoms with Crippen LogP contribution in [0.5, 0.6) is 17.2 Å². The average Bonchev–Trinajstić information content (AvgIpc) is 3.13. The van der Waals surface area contributed by atoms with Crippen molar-refractivity contribution in [3.63, 3.8) is 0 Å². The van der Waals surface area contributed by atoms with Gasteiger partial charge in [-0.1, -0.05) is 0 Å². The Balaban J connectivity index is 1.63. The Labute approximate surface area is 188 Å². The molecule has 0 fully saturated rings. The lowest BCUT2D eigenvalue weighted by molar-refractivity contribution is -0.384. The summed E-state index contributed by atoms with van der Waals surface area (Å²) in [7, 11) is 4.77. The van der Waals surface area contributed by atoms with Gasteiger partial charge in [0.2, 0.25) is 5.95 Å². The zero-order valence-electron chi connectivity index (χ0n) is 18.0. The van der Waals surface area contributed by atoms with Crippen LogP contribution in [0.2, 0.25) is 0 Å². The molecule has 2 aromatic carbocycles. The smallest absolute Gasteiger partial charge is 0.296 e. The second kappa shape index (κ2) is 8.83. The molecular formula is C22H20N6O5. The first-order chi connectivity index (χ1) is 15.9. The van der Waals surface area contributed by atoms with Gasteiger partial charge in [0.1, 0.15) is 28.6 Å². The third-order valence-corrected chi connectivity index (χ3v) is 4.93. The number of nitrogens with zero attached hydrogens (tertiary/aromatic N) is 4. The topological polar surface area (TPSA) is 133 Å². The van der Waals surface area contributed by atoms with Gasteiger partial charge < -0.3 is 24.7 Å². The van der Waals surface area contributed by atoms with E-state index in [2.05, 4.69) is 20.6 Å². The molecule has 0 spiro atoms. The first-order valence-electron chi connectivity index (χ1n) is 9.81. The third kappa shape index (κ3) is 4.37. The molecule has 4 aromatic rings. The summed E-state index contributed by atoms with van der Waals surface area (Å²) in [6.07, 6.45) is 1.49. The van der Waals surface area contributed by atoms with Gasteiger partial charge in [-0.15, -0.1) is 0 Å². The van der Waals surface area contributed by atoms with Crippen molar-refractivity contribution in [2.24, 2.45) is 7.05 Å². The molecule has 4 rings (SSSR count). The van der Waals surface area contributed by atoms with Crippen molar-refractivity contribution >= 4 is 34.3 Å². The van der Waals surface area contributed by atoms with Gasteiger partial charge in [0.25, 0.3) is 11.6 Å². The summed E-state index contributed by atoms with van der Waals surface area (Å²) in [5, 5.41) is 17.0. The molecule has 0 aliphatic rings. The summed E-state index contributed by atoms with van der Waals surface area (Å²) in [6.45, 7) is 0. The van der Waals surface area contributed by atoms with Crippen molar-refractivity contribution in [2.45, 2.75) is 0 Å². The molecule has 0 radical (unpaired) electrons. The second-order valence-electron chi connectivity index (χ2n) is 6.97. The van der Waals surface area contributed by atoms with Gasteiger partial charge >= 0.3 is 0 Å². The Morgan fingerprint density at radius 1 is 1.09 bits per heavy atom. The molecule has 0 bridgehead atoms. The largest absolute Gasteiger partial charge is 0.496 e. The van der Waals surface area contributed by atoms with E-state index in [4.69, 9.17) is 9.47 Å². The maximum atomic E-state index is 11.8. The normalized spacial score (nSPS) is 10.6. The molecule has 2 N–H and O–H groups in total. The highest BCUT2D eigenvalue weighted by atomic mass is 16.6. The summed E-state index contributed by atoms with van der Waals surface area (Å²) in [5.74, 6) is 1.45. The van der Waals surface area contributed by atoms with Crippen molar-refractivity contribution in [1.82, 2.24) is 19.9 Å². The monoisotopic (exact) mass is 448 g/mol. The maximum Gasteiger partial charge on any atom is 0.296 e. The van der Waals surface area contributed by atoms with Crippen LogP contribution in [-0.4, -0.2) is 39.5 Å². The number of fused-ring (bicyclic) bond motifs is 1. The van der Waals surface area contributed by atoms with Crippen molar-refractivity contribution in [3.8, 4) is 17.2 Å². The van der Waals surface area contributed by atoms with Crippen LogP contribution in [0.4, 0.5) is 17.3 Å². The number of aryl methyl sites for hydroxylation is 1. The van der Waals surface area contributed by atoms with Gasteiger partial charge in [-0.2, -0.15) is 0 Å². The van der Waals surface area contributed by atoms with E-state index in [1.165, 1.54) is 32.5 Å². The van der Waals surface area contributed by atoms with Gasteiger partial charge in [-0.25, -0.2) is 4.98 Å². The Bertz CT molecular complexity index is 1370. The Morgan fingerprint density at radius 2 is 1.85 bits per heavy atom. The number of hydrogen-bond donors (Lipinski definition) is 2. The van der Waals surface area contributed by atoms with Gasteiger partial charge in [0.05, 0.1) is 29.1 Å². The minimum absolute atomic E-state index is 0.130. The number of methoxy groups -OCH3 is 1. The zero-order valence-corrected chi connectivity index (χ0v) is 18.0. The fraction of sp³-hybridized carbons (Fsp3) is 0.136. The molecule has 0 atom stereocenters. The molecule has 2 heterocycles. The molecule has 168 valence electrons. The molecular weight excluding hydrogens is 428 g/mol. The summed E-state index contributed by atoms with van der Waals surface area (Å²) in [5.41, 5.74) is 1.81. The number of nitro benzene ring substituents is 1. The van der Waals surface area contributed by atoms with E-state index in [0.717, 1.165) is 5.52 Å². The minimum Gasteiger partial charge on any atom is -0.496 e. The zero-order chi connectivity index (χ0) is 23.5. The summed E-state index contributed by atoms with van der Waals surface area (Å²) in [4.78, 5) is 31.3. The number of carbonyl (C=O) groups excluding carboxylic acids is 1. The van der Waals surface area contributed by atoms with Crippen LogP contribution in [-0.2, 0) is 7.05 Å². The van der Waals surface area contributed by atoms with Crippen LogP contribution >= 0.6 is 0 Å². The number of benzene rings is 2. The van der Waals surface area contributed by atoms with Gasteiger partial charge in [0.15, 0.2) is 0 Å². The Hall–Kier alpha value is -4.67. The molecule has 11 nitrogen and oxygen atoms in total. The van der Waals surface area contributed by atoms with E-state index in [9.17, 15) is 14.9 Å². The number of aromatic nitrogens is 3. The molecule has 0 unspecified atom stereocenters. The number of ether oxygens (including phenoxy) is 2. The minimum atomic E-state index is -0.485. The summed E-state index contributed by atoms with van der Waals surface area (Å²) >= 11 is 0. The standard InChI is InChI=1S/C22H20N6O5/c1-23-21(29)18-11-15(8-9-24-18)33-14-5-7-19-17(10-14)26-22(27(19)2)25-16-6-4-13(32-3)12-20(16)28(30)31/h4-12H,1-3H3,(H,23,29)(H,25,26). The van der Waals surface area contributed by atoms with Gasteiger partial charge in [0, 0.05) is 32.4 Å². The van der Waals surface area contributed by atoms with Gasteiger partial charge in [-0.3, -0.25) is 19.9 Å². The van der Waals surface area contributed by atoms with Crippen LogP contribution in [0.15, 0.2) is 54.7 Å².